The zero-order chi connectivity index (χ0) is 21.5. The van der Waals surface area contributed by atoms with Gasteiger partial charge in [-0.05, 0) is 36.0 Å². The van der Waals surface area contributed by atoms with Crippen molar-refractivity contribution in [2.45, 2.75) is 51.9 Å². The van der Waals surface area contributed by atoms with Crippen LogP contribution < -0.4 is 10.1 Å². The van der Waals surface area contributed by atoms with Crippen LogP contribution in [-0.4, -0.2) is 38.7 Å². The van der Waals surface area contributed by atoms with Crippen molar-refractivity contribution in [3.63, 3.8) is 0 Å². The molecule has 1 N–H and O–H groups in total. The van der Waals surface area contributed by atoms with Gasteiger partial charge in [0.2, 0.25) is 0 Å². The first-order valence-electron chi connectivity index (χ1n) is 11.4. The number of thiazole rings is 1. The van der Waals surface area contributed by atoms with Gasteiger partial charge in [-0.3, -0.25) is 14.4 Å². The molecule has 166 valence electrons. The summed E-state index contributed by atoms with van der Waals surface area (Å²) in [5.74, 6) is 1.65. The fraction of sp³-hybridized carbons (Fsp3) is 0.458. The highest BCUT2D eigenvalue weighted by atomic mass is 32.1. The first kappa shape index (κ1) is 19.9. The lowest BCUT2D eigenvalue weighted by atomic mass is 10.0. The molecule has 1 aliphatic carbocycles. The van der Waals surface area contributed by atoms with Gasteiger partial charge in [-0.25, -0.2) is 4.98 Å². The Morgan fingerprint density at radius 1 is 1.28 bits per heavy atom. The minimum atomic E-state index is -0.0949. The summed E-state index contributed by atoms with van der Waals surface area (Å²) in [5.41, 5.74) is 5.54. The number of nitrogens with one attached hydrogen (secondary N) is 1. The smallest absolute Gasteiger partial charge is 0.272 e. The molecular formula is C24H27N5O2S. The van der Waals surface area contributed by atoms with Gasteiger partial charge in [0, 0.05) is 61.9 Å². The van der Waals surface area contributed by atoms with Crippen LogP contribution in [0.5, 0.6) is 5.75 Å². The normalized spacial score (nSPS) is 17.6. The number of nitrogens with zero attached hydrogens (tertiary/aromatic N) is 4. The van der Waals surface area contributed by atoms with Gasteiger partial charge >= 0.3 is 0 Å². The topological polar surface area (TPSA) is 72.3 Å². The zero-order valence-corrected chi connectivity index (χ0v) is 18.9. The van der Waals surface area contributed by atoms with E-state index in [0.29, 0.717) is 12.2 Å². The quantitative estimate of drug-likeness (QED) is 0.600. The van der Waals surface area contributed by atoms with Crippen molar-refractivity contribution in [3.8, 4) is 5.75 Å². The van der Waals surface area contributed by atoms with Crippen LogP contribution in [0.25, 0.3) is 0 Å². The SMILES string of the molecule is O=C(NCc1nccs1)c1nn(CC2CC2)c2c1CN(Cc1ccc3c(c1)CCO3)CC2. The summed E-state index contributed by atoms with van der Waals surface area (Å²) in [6, 6.07) is 6.53. The van der Waals surface area contributed by atoms with Crippen LogP contribution in [0.1, 0.15) is 50.7 Å². The number of hydrogen-bond donors (Lipinski definition) is 1. The largest absolute Gasteiger partial charge is 0.493 e. The minimum Gasteiger partial charge on any atom is -0.493 e. The van der Waals surface area contributed by atoms with E-state index in [2.05, 4.69) is 38.1 Å². The van der Waals surface area contributed by atoms with Gasteiger partial charge in [0.05, 0.1) is 13.2 Å². The molecule has 6 rings (SSSR count). The van der Waals surface area contributed by atoms with Crippen LogP contribution in [0.15, 0.2) is 29.8 Å². The Morgan fingerprint density at radius 2 is 2.22 bits per heavy atom. The Kier molecular flexibility index (Phi) is 5.19. The van der Waals surface area contributed by atoms with Gasteiger partial charge in [-0.2, -0.15) is 5.10 Å². The van der Waals surface area contributed by atoms with E-state index in [4.69, 9.17) is 9.84 Å². The van der Waals surface area contributed by atoms with Crippen molar-refractivity contribution in [2.75, 3.05) is 13.2 Å². The third-order valence-electron chi connectivity index (χ3n) is 6.60. The highest BCUT2D eigenvalue weighted by molar-refractivity contribution is 7.09. The predicted molar refractivity (Wildman–Crippen MR) is 122 cm³/mol. The standard InChI is InChI=1S/C24H27N5O2S/c30-24(26-12-22-25-7-10-32-22)23-19-15-28(8-5-20(19)29(27-23)14-16-1-2-16)13-17-3-4-21-18(11-17)6-9-31-21/h3-4,7,10-11,16H,1-2,5-6,8-9,12-15H2,(H,26,30). The number of carbonyl (C=O) groups is 1. The summed E-state index contributed by atoms with van der Waals surface area (Å²) in [4.78, 5) is 19.8. The molecule has 2 aromatic heterocycles. The molecule has 0 saturated heterocycles. The molecule has 1 saturated carbocycles. The monoisotopic (exact) mass is 449 g/mol. The zero-order valence-electron chi connectivity index (χ0n) is 18.0. The first-order valence-corrected chi connectivity index (χ1v) is 12.3. The van der Waals surface area contributed by atoms with E-state index in [1.165, 1.54) is 29.7 Å². The minimum absolute atomic E-state index is 0.0949. The van der Waals surface area contributed by atoms with Gasteiger partial charge in [-0.15, -0.1) is 11.3 Å². The number of amides is 1. The van der Waals surface area contributed by atoms with E-state index < -0.39 is 0 Å². The highest BCUT2D eigenvalue weighted by Gasteiger charge is 2.31. The average Bonchev–Trinajstić information content (AvgIpc) is 3.19. The molecule has 2 aliphatic heterocycles. The lowest BCUT2D eigenvalue weighted by Gasteiger charge is -2.28. The molecule has 7 nitrogen and oxygen atoms in total. The maximum absolute atomic E-state index is 13.1. The van der Waals surface area contributed by atoms with Gasteiger partial charge in [0.1, 0.15) is 10.8 Å². The van der Waals surface area contributed by atoms with Crippen LogP contribution in [0.3, 0.4) is 0 Å². The number of hydrogen-bond acceptors (Lipinski definition) is 6. The van der Waals surface area contributed by atoms with E-state index in [0.717, 1.165) is 67.9 Å². The summed E-state index contributed by atoms with van der Waals surface area (Å²) < 4.78 is 7.77. The van der Waals surface area contributed by atoms with Crippen molar-refractivity contribution >= 4 is 17.2 Å². The lowest BCUT2D eigenvalue weighted by Crippen LogP contribution is -2.32. The van der Waals surface area contributed by atoms with E-state index in [9.17, 15) is 4.79 Å². The fourth-order valence-electron chi connectivity index (χ4n) is 4.74. The summed E-state index contributed by atoms with van der Waals surface area (Å²) in [6.45, 7) is 4.78. The van der Waals surface area contributed by atoms with Crippen LogP contribution in [0.4, 0.5) is 0 Å². The Balaban J connectivity index is 1.21. The molecule has 3 aromatic rings. The van der Waals surface area contributed by atoms with E-state index in [1.54, 1.807) is 17.5 Å². The van der Waals surface area contributed by atoms with Crippen LogP contribution in [-0.2, 0) is 39.0 Å². The van der Waals surface area contributed by atoms with Gasteiger partial charge in [0.25, 0.3) is 5.91 Å². The van der Waals surface area contributed by atoms with Crippen molar-refractivity contribution in [2.24, 2.45) is 5.92 Å². The van der Waals surface area contributed by atoms with Gasteiger partial charge < -0.3 is 10.1 Å². The van der Waals surface area contributed by atoms with E-state index in [-0.39, 0.29) is 5.91 Å². The lowest BCUT2D eigenvalue weighted by molar-refractivity contribution is 0.0942. The molecule has 0 spiro atoms. The van der Waals surface area contributed by atoms with Crippen molar-refractivity contribution in [1.82, 2.24) is 25.0 Å². The maximum Gasteiger partial charge on any atom is 0.272 e. The Hall–Kier alpha value is -2.71. The number of carbonyl (C=O) groups excluding carboxylic acids is 1. The second-order valence-corrected chi connectivity index (χ2v) is 9.99. The van der Waals surface area contributed by atoms with Crippen molar-refractivity contribution in [3.05, 3.63) is 62.9 Å². The van der Waals surface area contributed by atoms with E-state index >= 15 is 0 Å². The molecule has 3 aliphatic rings. The van der Waals surface area contributed by atoms with Crippen molar-refractivity contribution in [1.29, 1.82) is 0 Å². The molecule has 8 heteroatoms. The summed E-state index contributed by atoms with van der Waals surface area (Å²) in [5, 5.41) is 10.7. The molecule has 0 unspecified atom stereocenters. The predicted octanol–water partition coefficient (Wildman–Crippen LogP) is 3.17. The summed E-state index contributed by atoms with van der Waals surface area (Å²) in [7, 11) is 0. The van der Waals surface area contributed by atoms with Gasteiger partial charge in [0.15, 0.2) is 5.69 Å². The molecule has 1 fully saturated rings. The molecule has 1 amide bonds. The van der Waals surface area contributed by atoms with Crippen LogP contribution in [0.2, 0.25) is 0 Å². The summed E-state index contributed by atoms with van der Waals surface area (Å²) in [6.07, 6.45) is 6.23. The maximum atomic E-state index is 13.1. The number of rotatable bonds is 7. The van der Waals surface area contributed by atoms with Crippen LogP contribution in [0, 0.1) is 5.92 Å². The van der Waals surface area contributed by atoms with Crippen molar-refractivity contribution < 1.29 is 9.53 Å². The average molecular weight is 450 g/mol. The third kappa shape index (κ3) is 4.04. The Bertz CT molecular complexity index is 1140. The molecule has 1 aromatic carbocycles. The number of ether oxygens (including phenoxy) is 1. The third-order valence-corrected chi connectivity index (χ3v) is 7.38. The molecule has 4 heterocycles. The van der Waals surface area contributed by atoms with E-state index in [1.807, 2.05) is 5.38 Å². The number of fused-ring (bicyclic) bond motifs is 2. The second kappa shape index (κ2) is 8.33. The first-order chi connectivity index (χ1) is 15.7. The van der Waals surface area contributed by atoms with Crippen LogP contribution >= 0.6 is 11.3 Å². The molecular weight excluding hydrogens is 422 g/mol. The number of benzene rings is 1. The second-order valence-electron chi connectivity index (χ2n) is 9.01. The highest BCUT2D eigenvalue weighted by Crippen LogP contribution is 2.33. The Morgan fingerprint density at radius 3 is 3.06 bits per heavy atom. The molecule has 0 bridgehead atoms. The molecule has 0 radical (unpaired) electrons. The Labute approximate surface area is 191 Å². The fourth-order valence-corrected chi connectivity index (χ4v) is 5.29. The number of aromatic nitrogens is 3. The summed E-state index contributed by atoms with van der Waals surface area (Å²) >= 11 is 1.55. The molecule has 32 heavy (non-hydrogen) atoms. The van der Waals surface area contributed by atoms with Gasteiger partial charge in [-0.1, -0.05) is 12.1 Å². The molecule has 0 atom stereocenters.